The van der Waals surface area contributed by atoms with Crippen LogP contribution in [-0.4, -0.2) is 40.4 Å². The van der Waals surface area contributed by atoms with Crippen LogP contribution in [0.5, 0.6) is 0 Å². The molecule has 0 fully saturated rings. The zero-order chi connectivity index (χ0) is 18.9. The SMILES string of the molecule is CCNC(=NCCc1nnc2n1CCCCC2)NCCc1ccc(Cl)cc1.I. The molecule has 0 amide bonds. The van der Waals surface area contributed by atoms with E-state index >= 15 is 0 Å². The molecule has 0 saturated carbocycles. The average molecular weight is 517 g/mol. The summed E-state index contributed by atoms with van der Waals surface area (Å²) in [4.78, 5) is 4.70. The molecule has 2 N–H and O–H groups in total. The van der Waals surface area contributed by atoms with Gasteiger partial charge < -0.3 is 15.2 Å². The third-order valence-electron chi connectivity index (χ3n) is 4.76. The smallest absolute Gasteiger partial charge is 0.191 e. The second kappa shape index (κ2) is 12.3. The number of guanidine groups is 1. The fourth-order valence-electron chi connectivity index (χ4n) is 3.32. The summed E-state index contributed by atoms with van der Waals surface area (Å²) in [6.45, 7) is 5.49. The summed E-state index contributed by atoms with van der Waals surface area (Å²) in [5.41, 5.74) is 1.26. The van der Waals surface area contributed by atoms with E-state index in [1.807, 2.05) is 12.1 Å². The van der Waals surface area contributed by atoms with Gasteiger partial charge in [-0.15, -0.1) is 34.2 Å². The quantitative estimate of drug-likeness (QED) is 0.335. The van der Waals surface area contributed by atoms with E-state index in [4.69, 9.17) is 16.6 Å². The maximum absolute atomic E-state index is 5.93. The number of aromatic nitrogens is 3. The van der Waals surface area contributed by atoms with Gasteiger partial charge in [0.2, 0.25) is 0 Å². The summed E-state index contributed by atoms with van der Waals surface area (Å²) in [5.74, 6) is 3.05. The van der Waals surface area contributed by atoms with Gasteiger partial charge in [0.25, 0.3) is 0 Å². The molecule has 0 atom stereocenters. The van der Waals surface area contributed by atoms with E-state index in [1.54, 1.807) is 0 Å². The Kier molecular flexibility index (Phi) is 10.0. The number of benzene rings is 1. The van der Waals surface area contributed by atoms with E-state index < -0.39 is 0 Å². The minimum atomic E-state index is 0. The van der Waals surface area contributed by atoms with E-state index in [0.29, 0.717) is 6.54 Å². The van der Waals surface area contributed by atoms with Gasteiger partial charge in [-0.25, -0.2) is 0 Å². The number of fused-ring (bicyclic) bond motifs is 1. The minimum Gasteiger partial charge on any atom is -0.357 e. The van der Waals surface area contributed by atoms with Gasteiger partial charge in [-0.05, 0) is 43.9 Å². The molecular weight excluding hydrogens is 487 g/mol. The molecule has 0 saturated heterocycles. The number of hydrogen-bond donors (Lipinski definition) is 2. The summed E-state index contributed by atoms with van der Waals surface area (Å²) in [5, 5.41) is 16.2. The maximum atomic E-state index is 5.93. The molecule has 1 aliphatic heterocycles. The van der Waals surface area contributed by atoms with Crippen molar-refractivity contribution in [3.8, 4) is 0 Å². The van der Waals surface area contributed by atoms with Gasteiger partial charge >= 0.3 is 0 Å². The molecule has 0 bridgehead atoms. The summed E-state index contributed by atoms with van der Waals surface area (Å²) in [7, 11) is 0. The van der Waals surface area contributed by atoms with E-state index in [9.17, 15) is 0 Å². The Labute approximate surface area is 189 Å². The summed E-state index contributed by atoms with van der Waals surface area (Å²) in [6.07, 6.45) is 6.52. The van der Waals surface area contributed by atoms with Crippen LogP contribution >= 0.6 is 35.6 Å². The molecule has 8 heteroatoms. The van der Waals surface area contributed by atoms with Crippen LogP contribution in [0.15, 0.2) is 29.3 Å². The van der Waals surface area contributed by atoms with E-state index in [2.05, 4.69) is 44.5 Å². The second-order valence-corrected chi connectivity index (χ2v) is 7.25. The largest absolute Gasteiger partial charge is 0.357 e. The van der Waals surface area contributed by atoms with Crippen LogP contribution < -0.4 is 10.6 Å². The third-order valence-corrected chi connectivity index (χ3v) is 5.01. The lowest BCUT2D eigenvalue weighted by Gasteiger charge is -2.11. The van der Waals surface area contributed by atoms with Crippen LogP contribution in [-0.2, 0) is 25.8 Å². The molecule has 0 spiro atoms. The monoisotopic (exact) mass is 516 g/mol. The van der Waals surface area contributed by atoms with Crippen LogP contribution in [0.4, 0.5) is 0 Å². The highest BCUT2D eigenvalue weighted by Gasteiger charge is 2.14. The zero-order valence-electron chi connectivity index (χ0n) is 16.5. The van der Waals surface area contributed by atoms with Crippen molar-refractivity contribution < 1.29 is 0 Å². The van der Waals surface area contributed by atoms with Crippen molar-refractivity contribution in [2.24, 2.45) is 4.99 Å². The molecule has 1 aliphatic rings. The number of aryl methyl sites for hydroxylation is 1. The van der Waals surface area contributed by atoms with Crippen LogP contribution in [0.3, 0.4) is 0 Å². The maximum Gasteiger partial charge on any atom is 0.191 e. The number of halogens is 2. The van der Waals surface area contributed by atoms with Gasteiger partial charge in [-0.1, -0.05) is 30.2 Å². The first-order chi connectivity index (χ1) is 13.3. The van der Waals surface area contributed by atoms with Crippen molar-refractivity contribution in [3.05, 3.63) is 46.5 Å². The van der Waals surface area contributed by atoms with E-state index in [-0.39, 0.29) is 24.0 Å². The number of nitrogens with one attached hydrogen (secondary N) is 2. The molecule has 1 aromatic carbocycles. The fraction of sp³-hybridized carbons (Fsp3) is 0.550. The number of aliphatic imine (C=N–C) groups is 1. The van der Waals surface area contributed by atoms with Gasteiger partial charge in [0.15, 0.2) is 5.96 Å². The molecule has 0 aliphatic carbocycles. The third kappa shape index (κ3) is 6.92. The standard InChI is InChI=1S/C20H29ClN6.HI/c1-2-22-20(23-13-11-16-7-9-17(21)10-8-16)24-14-12-19-26-25-18-6-4-3-5-15-27(18)19;/h7-10H,2-6,11-15H2,1H3,(H2,22,23,24);1H. The molecular formula is C20H30ClIN6. The molecule has 3 rings (SSSR count). The van der Waals surface area contributed by atoms with Crippen molar-refractivity contribution in [1.29, 1.82) is 0 Å². The van der Waals surface area contributed by atoms with E-state index in [0.717, 1.165) is 61.5 Å². The lowest BCUT2D eigenvalue weighted by molar-refractivity contribution is 0.604. The van der Waals surface area contributed by atoms with Crippen LogP contribution in [0.25, 0.3) is 0 Å². The Bertz CT molecular complexity index is 744. The van der Waals surface area contributed by atoms with Crippen molar-refractivity contribution in [2.45, 2.75) is 52.0 Å². The van der Waals surface area contributed by atoms with Crippen molar-refractivity contribution in [1.82, 2.24) is 25.4 Å². The first kappa shape index (κ1) is 22.9. The highest BCUT2D eigenvalue weighted by atomic mass is 127. The Balaban J connectivity index is 0.00000280. The predicted molar refractivity (Wildman–Crippen MR) is 126 cm³/mol. The predicted octanol–water partition coefficient (Wildman–Crippen LogP) is 3.62. The molecule has 154 valence electrons. The topological polar surface area (TPSA) is 67.1 Å². The molecule has 2 heterocycles. The zero-order valence-corrected chi connectivity index (χ0v) is 19.5. The first-order valence-electron chi connectivity index (χ1n) is 9.94. The molecule has 2 aromatic rings. The van der Waals surface area contributed by atoms with Crippen LogP contribution in [0, 0.1) is 0 Å². The summed E-state index contributed by atoms with van der Waals surface area (Å²) >= 11 is 5.93. The van der Waals surface area contributed by atoms with Crippen molar-refractivity contribution >= 4 is 41.5 Å². The second-order valence-electron chi connectivity index (χ2n) is 6.81. The van der Waals surface area contributed by atoms with Crippen LogP contribution in [0.2, 0.25) is 5.02 Å². The van der Waals surface area contributed by atoms with E-state index in [1.165, 1.54) is 24.8 Å². The average Bonchev–Trinajstić information content (AvgIpc) is 2.90. The molecule has 6 nitrogen and oxygen atoms in total. The van der Waals surface area contributed by atoms with Gasteiger partial charge in [-0.3, -0.25) is 4.99 Å². The van der Waals surface area contributed by atoms with Gasteiger partial charge in [0.1, 0.15) is 11.6 Å². The van der Waals surface area contributed by atoms with Crippen molar-refractivity contribution in [2.75, 3.05) is 19.6 Å². The number of hydrogen-bond acceptors (Lipinski definition) is 3. The number of rotatable bonds is 7. The molecule has 28 heavy (non-hydrogen) atoms. The van der Waals surface area contributed by atoms with Gasteiger partial charge in [0, 0.05) is 44.0 Å². The molecule has 0 unspecified atom stereocenters. The Morgan fingerprint density at radius 2 is 1.93 bits per heavy atom. The Hall–Kier alpha value is -1.35. The lowest BCUT2D eigenvalue weighted by Crippen LogP contribution is -2.38. The van der Waals surface area contributed by atoms with Crippen LogP contribution in [0.1, 0.15) is 43.4 Å². The summed E-state index contributed by atoms with van der Waals surface area (Å²) < 4.78 is 2.30. The number of nitrogens with zero attached hydrogens (tertiary/aromatic N) is 4. The van der Waals surface area contributed by atoms with Gasteiger partial charge in [0.05, 0.1) is 0 Å². The Morgan fingerprint density at radius 1 is 1.11 bits per heavy atom. The molecule has 1 aromatic heterocycles. The summed E-state index contributed by atoms with van der Waals surface area (Å²) in [6, 6.07) is 7.98. The lowest BCUT2D eigenvalue weighted by atomic mass is 10.1. The fourth-order valence-corrected chi connectivity index (χ4v) is 3.44. The minimum absolute atomic E-state index is 0. The highest BCUT2D eigenvalue weighted by Crippen LogP contribution is 2.14. The van der Waals surface area contributed by atoms with Gasteiger partial charge in [-0.2, -0.15) is 0 Å². The first-order valence-corrected chi connectivity index (χ1v) is 10.3. The highest BCUT2D eigenvalue weighted by molar-refractivity contribution is 14.0. The van der Waals surface area contributed by atoms with Crippen molar-refractivity contribution in [3.63, 3.8) is 0 Å². The normalized spacial score (nSPS) is 14.0. The Morgan fingerprint density at radius 3 is 2.71 bits per heavy atom. The molecule has 0 radical (unpaired) electrons.